The molecule has 0 bridgehead atoms. The minimum absolute atomic E-state index is 0.0864. The number of hydrogen-bond acceptors (Lipinski definition) is 1. The summed E-state index contributed by atoms with van der Waals surface area (Å²) in [5.74, 6) is -1.17. The lowest BCUT2D eigenvalue weighted by molar-refractivity contribution is -0.143. The van der Waals surface area contributed by atoms with Gasteiger partial charge >= 0.3 is 5.97 Å². The Morgan fingerprint density at radius 2 is 2.22 bits per heavy atom. The van der Waals surface area contributed by atoms with Crippen molar-refractivity contribution in [2.75, 3.05) is 0 Å². The Morgan fingerprint density at radius 1 is 1.89 bits per heavy atom. The van der Waals surface area contributed by atoms with E-state index in [0.717, 1.165) is 0 Å². The molecule has 2 unspecified atom stereocenters. The summed E-state index contributed by atoms with van der Waals surface area (Å²) < 4.78 is 12.5. The van der Waals surface area contributed by atoms with E-state index in [2.05, 4.69) is 0 Å². The van der Waals surface area contributed by atoms with E-state index in [1.807, 2.05) is 0 Å². The highest BCUT2D eigenvalue weighted by atomic mass is 35.5. The van der Waals surface area contributed by atoms with Gasteiger partial charge in [-0.3, -0.25) is 4.79 Å². The van der Waals surface area contributed by atoms with E-state index in [4.69, 9.17) is 16.7 Å². The first-order valence-corrected chi connectivity index (χ1v) is 2.89. The van der Waals surface area contributed by atoms with Gasteiger partial charge < -0.3 is 5.11 Å². The molecule has 0 aliphatic heterocycles. The molecule has 0 aromatic carbocycles. The number of alkyl halides is 2. The summed E-state index contributed by atoms with van der Waals surface area (Å²) >= 11 is 5.10. The van der Waals surface area contributed by atoms with Crippen LogP contribution in [0.4, 0.5) is 4.39 Å². The molecule has 2 atom stereocenters. The van der Waals surface area contributed by atoms with Crippen LogP contribution >= 0.6 is 11.6 Å². The monoisotopic (exact) mass is 152 g/mol. The second-order valence-corrected chi connectivity index (χ2v) is 3.12. The van der Waals surface area contributed by atoms with Crippen LogP contribution in [0.15, 0.2) is 0 Å². The lowest BCUT2D eigenvalue weighted by atomic mass is 10.1. The van der Waals surface area contributed by atoms with Gasteiger partial charge in [0.25, 0.3) is 0 Å². The Balaban J connectivity index is 2.74. The topological polar surface area (TPSA) is 37.3 Å². The van der Waals surface area contributed by atoms with Gasteiger partial charge in [-0.15, -0.1) is 0 Å². The molecule has 0 amide bonds. The summed E-state index contributed by atoms with van der Waals surface area (Å²) in [5.41, 5.74) is -1.34. The first-order valence-electron chi connectivity index (χ1n) is 2.51. The summed E-state index contributed by atoms with van der Waals surface area (Å²) in [4.78, 5) is 10.2. The summed E-state index contributed by atoms with van der Waals surface area (Å²) in [6.45, 7) is 1.29. The average Bonchev–Trinajstić information content (AvgIpc) is 2.08. The van der Waals surface area contributed by atoms with E-state index < -0.39 is 16.5 Å². The number of carbonyl (C=O) groups is 1. The molecule has 0 saturated heterocycles. The molecule has 1 fully saturated rings. The number of carboxylic acids is 1. The third kappa shape index (κ3) is 0.713. The van der Waals surface area contributed by atoms with Crippen molar-refractivity contribution in [2.45, 2.75) is 18.5 Å². The number of aliphatic carboxylic acids is 1. The van der Waals surface area contributed by atoms with E-state index in [0.29, 0.717) is 0 Å². The van der Waals surface area contributed by atoms with Crippen molar-refractivity contribution < 1.29 is 14.3 Å². The second-order valence-electron chi connectivity index (χ2n) is 2.52. The zero-order valence-corrected chi connectivity index (χ0v) is 5.57. The van der Waals surface area contributed by atoms with Crippen LogP contribution in [0.1, 0.15) is 13.3 Å². The minimum atomic E-state index is -2.00. The van der Waals surface area contributed by atoms with E-state index >= 15 is 0 Å². The molecule has 0 heterocycles. The normalized spacial score (nSPS) is 48.8. The third-order valence-corrected chi connectivity index (χ3v) is 2.28. The van der Waals surface area contributed by atoms with Crippen molar-refractivity contribution in [1.29, 1.82) is 0 Å². The fourth-order valence-corrected chi connectivity index (χ4v) is 0.980. The molecule has 52 valence electrons. The largest absolute Gasteiger partial charge is 0.481 e. The molecule has 1 aliphatic rings. The lowest BCUT2D eigenvalue weighted by Crippen LogP contribution is -2.17. The average molecular weight is 153 g/mol. The number of halogens is 2. The van der Waals surface area contributed by atoms with Crippen molar-refractivity contribution >= 4 is 17.6 Å². The summed E-state index contributed by atoms with van der Waals surface area (Å²) in [5, 5.41) is 6.32. The standard InChI is InChI=1S/C5H6ClFO2/c1-4(3(8)9)2-5(4,6)7/h2H2,1H3,(H,8,9). The molecular formula is C5H6ClFO2. The van der Waals surface area contributed by atoms with Crippen LogP contribution in [0.3, 0.4) is 0 Å². The molecule has 0 aromatic rings. The van der Waals surface area contributed by atoms with E-state index in [-0.39, 0.29) is 6.42 Å². The minimum Gasteiger partial charge on any atom is -0.481 e. The summed E-state index contributed by atoms with van der Waals surface area (Å²) in [6, 6.07) is 0. The molecule has 1 saturated carbocycles. The van der Waals surface area contributed by atoms with Crippen molar-refractivity contribution in [2.24, 2.45) is 5.41 Å². The van der Waals surface area contributed by atoms with Gasteiger partial charge in [-0.25, -0.2) is 4.39 Å². The second kappa shape index (κ2) is 1.40. The highest BCUT2D eigenvalue weighted by molar-refractivity contribution is 6.27. The highest BCUT2D eigenvalue weighted by Crippen LogP contribution is 2.61. The van der Waals surface area contributed by atoms with Crippen LogP contribution in [0.5, 0.6) is 0 Å². The zero-order valence-electron chi connectivity index (χ0n) is 4.82. The fraction of sp³-hybridized carbons (Fsp3) is 0.800. The van der Waals surface area contributed by atoms with Gasteiger partial charge in [0.05, 0.1) is 0 Å². The zero-order chi connectivity index (χ0) is 7.28. The van der Waals surface area contributed by atoms with Gasteiger partial charge in [0, 0.05) is 6.42 Å². The first-order chi connectivity index (χ1) is 3.90. The Labute approximate surface area is 56.6 Å². The molecule has 1 N–H and O–H groups in total. The van der Waals surface area contributed by atoms with Crippen LogP contribution in [0.2, 0.25) is 0 Å². The van der Waals surface area contributed by atoms with Crippen molar-refractivity contribution in [3.8, 4) is 0 Å². The van der Waals surface area contributed by atoms with E-state index in [9.17, 15) is 9.18 Å². The molecule has 0 radical (unpaired) electrons. The molecular weight excluding hydrogens is 147 g/mol. The Bertz CT molecular complexity index is 168. The first kappa shape index (κ1) is 6.81. The highest BCUT2D eigenvalue weighted by Gasteiger charge is 2.70. The molecule has 1 aliphatic carbocycles. The van der Waals surface area contributed by atoms with Crippen LogP contribution in [-0.2, 0) is 4.79 Å². The van der Waals surface area contributed by atoms with Crippen LogP contribution < -0.4 is 0 Å². The summed E-state index contributed by atoms with van der Waals surface area (Å²) in [7, 11) is 0. The predicted octanol–water partition coefficient (Wildman–Crippen LogP) is 1.39. The summed E-state index contributed by atoms with van der Waals surface area (Å²) in [6.07, 6.45) is -0.0864. The SMILES string of the molecule is CC1(C(=O)O)CC1(F)Cl. The molecule has 2 nitrogen and oxygen atoms in total. The number of rotatable bonds is 1. The number of carboxylic acid groups (broad SMARTS) is 1. The van der Waals surface area contributed by atoms with Crippen LogP contribution in [-0.4, -0.2) is 16.2 Å². The number of hydrogen-bond donors (Lipinski definition) is 1. The maximum atomic E-state index is 12.5. The molecule has 0 aromatic heterocycles. The maximum absolute atomic E-state index is 12.5. The van der Waals surface area contributed by atoms with Gasteiger partial charge in [0.1, 0.15) is 5.41 Å². The van der Waals surface area contributed by atoms with Gasteiger partial charge in [0.2, 0.25) is 5.13 Å². The molecule has 0 spiro atoms. The smallest absolute Gasteiger partial charge is 0.314 e. The predicted molar refractivity (Wildman–Crippen MR) is 30.1 cm³/mol. The van der Waals surface area contributed by atoms with Crippen LogP contribution in [0, 0.1) is 5.41 Å². The van der Waals surface area contributed by atoms with Gasteiger partial charge in [-0.05, 0) is 6.92 Å². The quantitative estimate of drug-likeness (QED) is 0.577. The maximum Gasteiger partial charge on any atom is 0.314 e. The van der Waals surface area contributed by atoms with Gasteiger partial charge in [-0.1, -0.05) is 11.6 Å². The molecule has 1 rings (SSSR count). The van der Waals surface area contributed by atoms with Crippen molar-refractivity contribution in [3.63, 3.8) is 0 Å². The Morgan fingerprint density at radius 3 is 2.22 bits per heavy atom. The molecule has 9 heavy (non-hydrogen) atoms. The van der Waals surface area contributed by atoms with E-state index in [1.165, 1.54) is 6.92 Å². The van der Waals surface area contributed by atoms with E-state index in [1.54, 1.807) is 0 Å². The fourth-order valence-electron chi connectivity index (χ4n) is 0.632. The Hall–Kier alpha value is -0.310. The Kier molecular flexibility index (Phi) is 1.06. The van der Waals surface area contributed by atoms with Crippen LogP contribution in [0.25, 0.3) is 0 Å². The lowest BCUT2D eigenvalue weighted by Gasteiger charge is -2.01. The van der Waals surface area contributed by atoms with Crippen molar-refractivity contribution in [3.05, 3.63) is 0 Å². The molecule has 4 heteroatoms. The third-order valence-electron chi connectivity index (χ3n) is 1.73. The van der Waals surface area contributed by atoms with Gasteiger partial charge in [0.15, 0.2) is 0 Å². The van der Waals surface area contributed by atoms with Gasteiger partial charge in [-0.2, -0.15) is 0 Å². The van der Waals surface area contributed by atoms with Crippen molar-refractivity contribution in [1.82, 2.24) is 0 Å².